The largest absolute Gasteiger partial charge is 0.455 e. The summed E-state index contributed by atoms with van der Waals surface area (Å²) in [5.74, 6) is -0.841. The van der Waals surface area contributed by atoms with Crippen LogP contribution in [-0.2, 0) is 11.0 Å². The zero-order valence-corrected chi connectivity index (χ0v) is 16.2. The van der Waals surface area contributed by atoms with Gasteiger partial charge in [0.1, 0.15) is 11.5 Å². The van der Waals surface area contributed by atoms with E-state index in [1.807, 2.05) is 6.92 Å². The minimum Gasteiger partial charge on any atom is -0.455 e. The van der Waals surface area contributed by atoms with E-state index in [0.717, 1.165) is 23.8 Å². The highest BCUT2D eigenvalue weighted by atomic mass is 35.5. The summed E-state index contributed by atoms with van der Waals surface area (Å²) in [6.07, 6.45) is -4.08. The standard InChI is InChI=1S/C20H18ClF3N2O3/c1-11-2-4-17(15(21)8-11)29-16-5-3-12(20(22,23)24)9-14(16)19(28)26-13-6-7-25-18(27)10-13/h2-5,8-9,13H,6-7,10H2,1H3,(H,25,27)(H,26,28). The summed E-state index contributed by atoms with van der Waals surface area (Å²) in [6, 6.07) is 7.12. The fourth-order valence-electron chi connectivity index (χ4n) is 2.95. The molecule has 0 radical (unpaired) electrons. The Morgan fingerprint density at radius 2 is 1.93 bits per heavy atom. The van der Waals surface area contributed by atoms with Crippen molar-refractivity contribution in [3.63, 3.8) is 0 Å². The van der Waals surface area contributed by atoms with Crippen LogP contribution in [0.2, 0.25) is 5.02 Å². The van der Waals surface area contributed by atoms with Crippen LogP contribution >= 0.6 is 11.6 Å². The molecule has 5 nitrogen and oxygen atoms in total. The van der Waals surface area contributed by atoms with E-state index >= 15 is 0 Å². The van der Waals surface area contributed by atoms with E-state index in [1.54, 1.807) is 18.2 Å². The Bertz CT molecular complexity index is 947. The van der Waals surface area contributed by atoms with Crippen LogP contribution in [0.25, 0.3) is 0 Å². The Hall–Kier alpha value is -2.74. The third-order valence-electron chi connectivity index (χ3n) is 4.44. The lowest BCUT2D eigenvalue weighted by Crippen LogP contribution is -2.45. The maximum atomic E-state index is 13.2. The van der Waals surface area contributed by atoms with Crippen LogP contribution in [0.5, 0.6) is 11.5 Å². The Labute approximate surface area is 170 Å². The second-order valence-electron chi connectivity index (χ2n) is 6.76. The van der Waals surface area contributed by atoms with Gasteiger partial charge < -0.3 is 15.4 Å². The van der Waals surface area contributed by atoms with Gasteiger partial charge in [0.2, 0.25) is 5.91 Å². The maximum Gasteiger partial charge on any atom is 0.416 e. The average Bonchev–Trinajstić information content (AvgIpc) is 2.63. The number of rotatable bonds is 4. The third kappa shape index (κ3) is 5.20. The number of carbonyl (C=O) groups is 2. The van der Waals surface area contributed by atoms with Crippen LogP contribution in [0, 0.1) is 6.92 Å². The Kier molecular flexibility index (Phi) is 6.02. The first kappa shape index (κ1) is 21.0. The predicted molar refractivity (Wildman–Crippen MR) is 101 cm³/mol. The van der Waals surface area contributed by atoms with Crippen LogP contribution in [0.1, 0.15) is 34.3 Å². The lowest BCUT2D eigenvalue weighted by molar-refractivity contribution is -0.137. The van der Waals surface area contributed by atoms with Crippen LogP contribution in [0.15, 0.2) is 36.4 Å². The topological polar surface area (TPSA) is 67.4 Å². The van der Waals surface area contributed by atoms with E-state index in [0.29, 0.717) is 13.0 Å². The fourth-order valence-corrected chi connectivity index (χ4v) is 3.22. The van der Waals surface area contributed by atoms with Crippen molar-refractivity contribution in [2.24, 2.45) is 0 Å². The molecule has 1 heterocycles. The minimum atomic E-state index is -4.63. The van der Waals surface area contributed by atoms with Crippen molar-refractivity contribution >= 4 is 23.4 Å². The molecule has 2 aromatic rings. The molecule has 3 rings (SSSR count). The summed E-state index contributed by atoms with van der Waals surface area (Å²) >= 11 is 6.14. The van der Waals surface area contributed by atoms with Gasteiger partial charge in [-0.3, -0.25) is 9.59 Å². The lowest BCUT2D eigenvalue weighted by Gasteiger charge is -2.24. The van der Waals surface area contributed by atoms with Crippen molar-refractivity contribution in [2.45, 2.75) is 32.0 Å². The van der Waals surface area contributed by atoms with E-state index in [2.05, 4.69) is 10.6 Å². The Morgan fingerprint density at radius 3 is 2.59 bits per heavy atom. The molecule has 2 N–H and O–H groups in total. The molecule has 0 aromatic heterocycles. The number of nitrogens with one attached hydrogen (secondary N) is 2. The molecule has 1 atom stereocenters. The number of benzene rings is 2. The normalized spacial score (nSPS) is 16.9. The third-order valence-corrected chi connectivity index (χ3v) is 4.74. The van der Waals surface area contributed by atoms with E-state index in [9.17, 15) is 22.8 Å². The van der Waals surface area contributed by atoms with Gasteiger partial charge in [-0.1, -0.05) is 17.7 Å². The van der Waals surface area contributed by atoms with Gasteiger partial charge in [0.05, 0.1) is 16.1 Å². The fraction of sp³-hybridized carbons (Fsp3) is 0.300. The first-order valence-electron chi connectivity index (χ1n) is 8.86. The van der Waals surface area contributed by atoms with Crippen LogP contribution in [-0.4, -0.2) is 24.4 Å². The molecular formula is C20H18ClF3N2O3. The van der Waals surface area contributed by atoms with Crippen molar-refractivity contribution < 1.29 is 27.5 Å². The van der Waals surface area contributed by atoms with Gasteiger partial charge in [-0.05, 0) is 49.2 Å². The number of aryl methyl sites for hydroxylation is 1. The highest BCUT2D eigenvalue weighted by Gasteiger charge is 2.33. The summed E-state index contributed by atoms with van der Waals surface area (Å²) in [4.78, 5) is 24.2. The van der Waals surface area contributed by atoms with Crippen molar-refractivity contribution in [1.82, 2.24) is 10.6 Å². The number of amides is 2. The number of piperidine rings is 1. The zero-order chi connectivity index (χ0) is 21.2. The number of carbonyl (C=O) groups excluding carboxylic acids is 2. The highest BCUT2D eigenvalue weighted by molar-refractivity contribution is 6.32. The summed E-state index contributed by atoms with van der Waals surface area (Å²) < 4.78 is 45.1. The predicted octanol–water partition coefficient (Wildman–Crippen LogP) is 4.47. The molecular weight excluding hydrogens is 409 g/mol. The molecule has 0 bridgehead atoms. The quantitative estimate of drug-likeness (QED) is 0.758. The van der Waals surface area contributed by atoms with Crippen LogP contribution < -0.4 is 15.4 Å². The molecule has 2 amide bonds. The zero-order valence-electron chi connectivity index (χ0n) is 15.4. The maximum absolute atomic E-state index is 13.2. The molecule has 1 fully saturated rings. The van der Waals surface area contributed by atoms with Gasteiger partial charge in [0, 0.05) is 19.0 Å². The van der Waals surface area contributed by atoms with E-state index in [4.69, 9.17) is 16.3 Å². The Balaban J connectivity index is 1.92. The molecule has 0 aliphatic carbocycles. The van der Waals surface area contributed by atoms with Crippen molar-refractivity contribution in [3.05, 3.63) is 58.1 Å². The summed E-state index contributed by atoms with van der Waals surface area (Å²) in [6.45, 7) is 2.21. The molecule has 1 aliphatic heterocycles. The number of hydrogen-bond acceptors (Lipinski definition) is 3. The van der Waals surface area contributed by atoms with Gasteiger partial charge in [0.15, 0.2) is 0 Å². The van der Waals surface area contributed by atoms with E-state index in [1.165, 1.54) is 0 Å². The SMILES string of the molecule is Cc1ccc(Oc2ccc(C(F)(F)F)cc2C(=O)NC2CCNC(=O)C2)c(Cl)c1. The van der Waals surface area contributed by atoms with Crippen molar-refractivity contribution in [3.8, 4) is 11.5 Å². The molecule has 29 heavy (non-hydrogen) atoms. The number of ether oxygens (including phenoxy) is 1. The molecule has 0 spiro atoms. The summed E-state index contributed by atoms with van der Waals surface area (Å²) in [7, 11) is 0. The first-order chi connectivity index (χ1) is 13.6. The second kappa shape index (κ2) is 8.32. The molecule has 1 aliphatic rings. The molecule has 9 heteroatoms. The van der Waals surface area contributed by atoms with E-state index in [-0.39, 0.29) is 34.4 Å². The number of alkyl halides is 3. The average molecular weight is 427 g/mol. The molecule has 1 unspecified atom stereocenters. The number of hydrogen-bond donors (Lipinski definition) is 2. The first-order valence-corrected chi connectivity index (χ1v) is 9.24. The van der Waals surface area contributed by atoms with Crippen LogP contribution in [0.3, 0.4) is 0 Å². The van der Waals surface area contributed by atoms with Gasteiger partial charge >= 0.3 is 6.18 Å². The lowest BCUT2D eigenvalue weighted by atomic mass is 10.0. The molecule has 2 aromatic carbocycles. The van der Waals surface area contributed by atoms with Gasteiger partial charge in [-0.15, -0.1) is 0 Å². The van der Waals surface area contributed by atoms with Crippen molar-refractivity contribution in [2.75, 3.05) is 6.54 Å². The number of halogens is 4. The van der Waals surface area contributed by atoms with Crippen molar-refractivity contribution in [1.29, 1.82) is 0 Å². The molecule has 154 valence electrons. The smallest absolute Gasteiger partial charge is 0.416 e. The minimum absolute atomic E-state index is 0.0602. The van der Waals surface area contributed by atoms with Gasteiger partial charge in [-0.2, -0.15) is 13.2 Å². The summed E-state index contributed by atoms with van der Waals surface area (Å²) in [5.41, 5.74) is -0.392. The molecule has 1 saturated heterocycles. The molecule has 0 saturated carbocycles. The monoisotopic (exact) mass is 426 g/mol. The summed E-state index contributed by atoms with van der Waals surface area (Å²) in [5, 5.41) is 5.51. The van der Waals surface area contributed by atoms with Gasteiger partial charge in [-0.25, -0.2) is 0 Å². The second-order valence-corrected chi connectivity index (χ2v) is 7.16. The van der Waals surface area contributed by atoms with E-state index < -0.39 is 23.7 Å². The highest BCUT2D eigenvalue weighted by Crippen LogP contribution is 2.36. The van der Waals surface area contributed by atoms with Crippen LogP contribution in [0.4, 0.5) is 13.2 Å². The van der Waals surface area contributed by atoms with Gasteiger partial charge in [0.25, 0.3) is 5.91 Å². The Morgan fingerprint density at radius 1 is 1.21 bits per heavy atom.